The van der Waals surface area contributed by atoms with Crippen molar-refractivity contribution in [2.24, 2.45) is 0 Å². The van der Waals surface area contributed by atoms with Crippen molar-refractivity contribution in [2.45, 2.75) is 18.9 Å². The summed E-state index contributed by atoms with van der Waals surface area (Å²) >= 11 is 0. The van der Waals surface area contributed by atoms with Crippen LogP contribution in [0, 0.1) is 12.3 Å². The van der Waals surface area contributed by atoms with Crippen molar-refractivity contribution in [3.05, 3.63) is 0 Å². The fourth-order valence-corrected chi connectivity index (χ4v) is 1.95. The Kier molecular flexibility index (Phi) is 5.30. The summed E-state index contributed by atoms with van der Waals surface area (Å²) in [5.41, 5.74) is 0. The fourth-order valence-electron chi connectivity index (χ4n) is 1.95. The zero-order valence-electron chi connectivity index (χ0n) is 10.2. The van der Waals surface area contributed by atoms with Gasteiger partial charge in [-0.2, -0.15) is 0 Å². The predicted octanol–water partition coefficient (Wildman–Crippen LogP) is -0.238. The lowest BCUT2D eigenvalue weighted by Crippen LogP contribution is -2.47. The third-order valence-electron chi connectivity index (χ3n) is 3.13. The summed E-state index contributed by atoms with van der Waals surface area (Å²) in [5, 5.41) is 2.93. The van der Waals surface area contributed by atoms with E-state index >= 15 is 0 Å². The molecular weight excluding hydrogens is 202 g/mol. The molecule has 0 atom stereocenters. The molecule has 1 rings (SSSR count). The number of terminal acetylenes is 1. The molecule has 0 aliphatic carbocycles. The molecule has 0 spiro atoms. The molecule has 0 unspecified atom stereocenters. The average Bonchev–Trinajstić information content (AvgIpc) is 2.29. The molecular formula is C12H21N3O. The molecule has 1 amide bonds. The molecule has 0 saturated carbocycles. The van der Waals surface area contributed by atoms with Gasteiger partial charge < -0.3 is 9.80 Å². The van der Waals surface area contributed by atoms with Crippen LogP contribution in [0.25, 0.3) is 0 Å². The third kappa shape index (κ3) is 3.84. The van der Waals surface area contributed by atoms with Gasteiger partial charge in [0.05, 0.1) is 13.1 Å². The number of amides is 1. The van der Waals surface area contributed by atoms with Crippen molar-refractivity contribution in [3.63, 3.8) is 0 Å². The van der Waals surface area contributed by atoms with Crippen LogP contribution in [0.5, 0.6) is 0 Å². The standard InChI is InChI=1S/C12H21N3O/c1-4-7-13-10-12(16)15(3)11-5-8-14(2)9-6-11/h1,11,13H,5-10H2,2-3H3. The maximum Gasteiger partial charge on any atom is 0.236 e. The van der Waals surface area contributed by atoms with Crippen molar-refractivity contribution in [1.82, 2.24) is 15.1 Å². The van der Waals surface area contributed by atoms with Crippen LogP contribution >= 0.6 is 0 Å². The lowest BCUT2D eigenvalue weighted by molar-refractivity contribution is -0.131. The van der Waals surface area contributed by atoms with Gasteiger partial charge in [0.25, 0.3) is 0 Å². The Labute approximate surface area is 98.0 Å². The second-order valence-electron chi connectivity index (χ2n) is 4.35. The van der Waals surface area contributed by atoms with Gasteiger partial charge in [0.2, 0.25) is 5.91 Å². The predicted molar refractivity (Wildman–Crippen MR) is 65.0 cm³/mol. The quantitative estimate of drug-likeness (QED) is 0.528. The SMILES string of the molecule is C#CCNCC(=O)N(C)C1CCN(C)CC1. The molecule has 0 radical (unpaired) electrons. The van der Waals surface area contributed by atoms with Crippen molar-refractivity contribution in [2.75, 3.05) is 40.3 Å². The number of likely N-dealkylation sites (tertiary alicyclic amines) is 1. The number of likely N-dealkylation sites (N-methyl/N-ethyl adjacent to an activating group) is 1. The highest BCUT2D eigenvalue weighted by Gasteiger charge is 2.23. The number of rotatable bonds is 4. The Morgan fingerprint density at radius 1 is 1.56 bits per heavy atom. The molecule has 1 heterocycles. The normalized spacial score (nSPS) is 18.1. The monoisotopic (exact) mass is 223 g/mol. The minimum absolute atomic E-state index is 0.129. The number of nitrogens with zero attached hydrogens (tertiary/aromatic N) is 2. The minimum atomic E-state index is 0.129. The van der Waals surface area contributed by atoms with E-state index in [1.807, 2.05) is 11.9 Å². The summed E-state index contributed by atoms with van der Waals surface area (Å²) in [5.74, 6) is 2.59. The number of carbonyl (C=O) groups excluding carboxylic acids is 1. The number of carbonyl (C=O) groups is 1. The average molecular weight is 223 g/mol. The van der Waals surface area contributed by atoms with Crippen molar-refractivity contribution >= 4 is 5.91 Å². The van der Waals surface area contributed by atoms with Gasteiger partial charge in [-0.05, 0) is 33.0 Å². The molecule has 1 N–H and O–H groups in total. The molecule has 4 heteroatoms. The largest absolute Gasteiger partial charge is 0.342 e. The summed E-state index contributed by atoms with van der Waals surface area (Å²) in [4.78, 5) is 15.9. The Morgan fingerprint density at radius 2 is 2.19 bits per heavy atom. The van der Waals surface area contributed by atoms with Crippen LogP contribution in [0.15, 0.2) is 0 Å². The molecule has 0 bridgehead atoms. The molecule has 0 aromatic carbocycles. The lowest BCUT2D eigenvalue weighted by Gasteiger charge is -2.35. The molecule has 0 aromatic rings. The zero-order chi connectivity index (χ0) is 12.0. The smallest absolute Gasteiger partial charge is 0.236 e. The zero-order valence-corrected chi connectivity index (χ0v) is 10.2. The Balaban J connectivity index is 2.30. The fraction of sp³-hybridized carbons (Fsp3) is 0.750. The van der Waals surface area contributed by atoms with Gasteiger partial charge in [-0.25, -0.2) is 0 Å². The van der Waals surface area contributed by atoms with E-state index in [1.54, 1.807) is 0 Å². The van der Waals surface area contributed by atoms with E-state index in [2.05, 4.69) is 23.2 Å². The minimum Gasteiger partial charge on any atom is -0.342 e. The van der Waals surface area contributed by atoms with E-state index in [9.17, 15) is 4.79 Å². The van der Waals surface area contributed by atoms with Gasteiger partial charge in [-0.3, -0.25) is 10.1 Å². The number of hydrogen-bond acceptors (Lipinski definition) is 3. The molecule has 1 saturated heterocycles. The first-order chi connectivity index (χ1) is 7.65. The van der Waals surface area contributed by atoms with E-state index in [4.69, 9.17) is 6.42 Å². The van der Waals surface area contributed by atoms with E-state index < -0.39 is 0 Å². The highest BCUT2D eigenvalue weighted by atomic mass is 16.2. The van der Waals surface area contributed by atoms with Crippen molar-refractivity contribution in [1.29, 1.82) is 0 Å². The van der Waals surface area contributed by atoms with E-state index in [0.717, 1.165) is 25.9 Å². The second kappa shape index (κ2) is 6.51. The number of nitrogens with one attached hydrogen (secondary N) is 1. The van der Waals surface area contributed by atoms with Gasteiger partial charge >= 0.3 is 0 Å². The van der Waals surface area contributed by atoms with Gasteiger partial charge in [0.1, 0.15) is 0 Å². The van der Waals surface area contributed by atoms with Crippen LogP contribution in [-0.4, -0.2) is 62.0 Å². The molecule has 1 fully saturated rings. The molecule has 1 aliphatic heterocycles. The van der Waals surface area contributed by atoms with Gasteiger partial charge in [-0.1, -0.05) is 5.92 Å². The summed E-state index contributed by atoms with van der Waals surface area (Å²) in [6.45, 7) is 2.93. The second-order valence-corrected chi connectivity index (χ2v) is 4.35. The molecule has 90 valence electrons. The molecule has 16 heavy (non-hydrogen) atoms. The van der Waals surface area contributed by atoms with Crippen LogP contribution in [0.1, 0.15) is 12.8 Å². The Hall–Kier alpha value is -1.05. The van der Waals surface area contributed by atoms with E-state index in [-0.39, 0.29) is 5.91 Å². The van der Waals surface area contributed by atoms with Crippen LogP contribution in [0.4, 0.5) is 0 Å². The maximum atomic E-state index is 11.8. The van der Waals surface area contributed by atoms with Crippen molar-refractivity contribution in [3.8, 4) is 12.3 Å². The Bertz CT molecular complexity index is 264. The third-order valence-corrected chi connectivity index (χ3v) is 3.13. The van der Waals surface area contributed by atoms with Gasteiger partial charge in [-0.15, -0.1) is 6.42 Å². The van der Waals surface area contributed by atoms with Gasteiger partial charge in [0.15, 0.2) is 0 Å². The summed E-state index contributed by atoms with van der Waals surface area (Å²) in [6, 6.07) is 0.385. The number of hydrogen-bond donors (Lipinski definition) is 1. The summed E-state index contributed by atoms with van der Waals surface area (Å²) < 4.78 is 0. The van der Waals surface area contributed by atoms with Crippen molar-refractivity contribution < 1.29 is 4.79 Å². The number of piperidine rings is 1. The van der Waals surface area contributed by atoms with Gasteiger partial charge in [0, 0.05) is 13.1 Å². The van der Waals surface area contributed by atoms with Crippen LogP contribution in [0.3, 0.4) is 0 Å². The van der Waals surface area contributed by atoms with Crippen LogP contribution < -0.4 is 5.32 Å². The van der Waals surface area contributed by atoms with E-state index in [0.29, 0.717) is 19.1 Å². The summed E-state index contributed by atoms with van der Waals surface area (Å²) in [7, 11) is 4.00. The first kappa shape index (κ1) is 13.0. The molecule has 1 aliphatic rings. The van der Waals surface area contributed by atoms with E-state index in [1.165, 1.54) is 0 Å². The first-order valence-electron chi connectivity index (χ1n) is 5.73. The van der Waals surface area contributed by atoms with Crippen LogP contribution in [0.2, 0.25) is 0 Å². The highest BCUT2D eigenvalue weighted by molar-refractivity contribution is 5.78. The highest BCUT2D eigenvalue weighted by Crippen LogP contribution is 2.13. The topological polar surface area (TPSA) is 35.6 Å². The summed E-state index contributed by atoms with van der Waals surface area (Å²) in [6.07, 6.45) is 7.23. The van der Waals surface area contributed by atoms with Crippen LogP contribution in [-0.2, 0) is 4.79 Å². The first-order valence-corrected chi connectivity index (χ1v) is 5.73. The molecule has 4 nitrogen and oxygen atoms in total. The lowest BCUT2D eigenvalue weighted by atomic mass is 10.0. The maximum absolute atomic E-state index is 11.8. The Morgan fingerprint density at radius 3 is 2.75 bits per heavy atom. The molecule has 0 aromatic heterocycles.